The van der Waals surface area contributed by atoms with Crippen molar-refractivity contribution in [3.63, 3.8) is 0 Å². The van der Waals surface area contributed by atoms with E-state index in [1.54, 1.807) is 7.11 Å². The van der Waals surface area contributed by atoms with Crippen molar-refractivity contribution in [2.24, 2.45) is 0 Å². The zero-order valence-electron chi connectivity index (χ0n) is 17.7. The van der Waals surface area contributed by atoms with Crippen LogP contribution in [0.25, 0.3) is 0 Å². The van der Waals surface area contributed by atoms with Gasteiger partial charge in [0.2, 0.25) is 5.91 Å². The zero-order valence-corrected chi connectivity index (χ0v) is 17.7. The standard InChI is InChI=1S/C24H31N3O3/c1-29-21-6-4-19(5-7-21)15-23(28)26-17-22-8-9-24(30-22)10-13-27(14-11-24)18-20-3-2-12-25-16-20/h2-7,12,16,22H,8-11,13-15,17-18H2,1H3,(H,26,28). The smallest absolute Gasteiger partial charge is 0.224 e. The number of rotatable bonds is 7. The maximum absolute atomic E-state index is 12.3. The minimum absolute atomic E-state index is 0.00316. The van der Waals surface area contributed by atoms with E-state index in [1.807, 2.05) is 42.7 Å². The second kappa shape index (κ2) is 9.58. The molecule has 1 spiro atoms. The number of carbonyl (C=O) groups excluding carboxylic acids is 1. The Bertz CT molecular complexity index is 817. The molecular formula is C24H31N3O3. The lowest BCUT2D eigenvalue weighted by Gasteiger charge is -2.39. The fraction of sp³-hybridized carbons (Fsp3) is 0.500. The van der Waals surface area contributed by atoms with Gasteiger partial charge in [-0.25, -0.2) is 0 Å². The summed E-state index contributed by atoms with van der Waals surface area (Å²) in [6.45, 7) is 3.64. The molecule has 2 aliphatic heterocycles. The van der Waals surface area contributed by atoms with E-state index in [0.717, 1.165) is 56.6 Å². The van der Waals surface area contributed by atoms with Gasteiger partial charge in [0.25, 0.3) is 0 Å². The number of hydrogen-bond donors (Lipinski definition) is 1. The number of piperidine rings is 1. The molecule has 0 aliphatic carbocycles. The quantitative estimate of drug-likeness (QED) is 0.762. The molecule has 6 heteroatoms. The van der Waals surface area contributed by atoms with Gasteiger partial charge >= 0.3 is 0 Å². The van der Waals surface area contributed by atoms with E-state index in [4.69, 9.17) is 9.47 Å². The van der Waals surface area contributed by atoms with Gasteiger partial charge in [-0.2, -0.15) is 0 Å². The molecule has 0 saturated carbocycles. The number of carbonyl (C=O) groups is 1. The Morgan fingerprint density at radius 3 is 2.70 bits per heavy atom. The first-order chi connectivity index (χ1) is 14.6. The molecule has 2 aromatic rings. The number of hydrogen-bond acceptors (Lipinski definition) is 5. The van der Waals surface area contributed by atoms with E-state index in [-0.39, 0.29) is 17.6 Å². The van der Waals surface area contributed by atoms with Crippen molar-refractivity contribution in [2.45, 2.75) is 50.4 Å². The average Bonchev–Trinajstić information content (AvgIpc) is 3.18. The molecule has 1 atom stereocenters. The van der Waals surface area contributed by atoms with E-state index in [1.165, 1.54) is 5.56 Å². The van der Waals surface area contributed by atoms with Crippen molar-refractivity contribution in [3.05, 3.63) is 59.9 Å². The molecule has 1 aromatic carbocycles. The maximum Gasteiger partial charge on any atom is 0.224 e. The number of aromatic nitrogens is 1. The van der Waals surface area contributed by atoms with Gasteiger partial charge in [0.05, 0.1) is 25.2 Å². The van der Waals surface area contributed by atoms with Crippen molar-refractivity contribution in [1.82, 2.24) is 15.2 Å². The highest BCUT2D eigenvalue weighted by Crippen LogP contribution is 2.39. The molecule has 4 rings (SSSR count). The van der Waals surface area contributed by atoms with Crippen LogP contribution in [-0.4, -0.2) is 54.2 Å². The minimum Gasteiger partial charge on any atom is -0.497 e. The van der Waals surface area contributed by atoms with Crippen LogP contribution in [0.2, 0.25) is 0 Å². The molecule has 0 radical (unpaired) electrons. The van der Waals surface area contributed by atoms with Gasteiger partial charge in [-0.15, -0.1) is 0 Å². The fourth-order valence-corrected chi connectivity index (χ4v) is 4.49. The number of ether oxygens (including phenoxy) is 2. The third kappa shape index (κ3) is 5.37. The number of benzene rings is 1. The number of pyridine rings is 1. The lowest BCUT2D eigenvalue weighted by Crippen LogP contribution is -2.45. The topological polar surface area (TPSA) is 63.7 Å². The predicted octanol–water partition coefficient (Wildman–Crippen LogP) is 2.96. The normalized spacial score (nSPS) is 20.9. The molecule has 2 aliphatic rings. The summed E-state index contributed by atoms with van der Waals surface area (Å²) in [4.78, 5) is 19.0. The second-order valence-corrected chi connectivity index (χ2v) is 8.43. The molecule has 160 valence electrons. The van der Waals surface area contributed by atoms with Crippen molar-refractivity contribution < 1.29 is 14.3 Å². The third-order valence-electron chi connectivity index (χ3n) is 6.29. The van der Waals surface area contributed by atoms with Gasteiger partial charge < -0.3 is 14.8 Å². The largest absolute Gasteiger partial charge is 0.497 e. The molecule has 1 N–H and O–H groups in total. The Morgan fingerprint density at radius 2 is 2.00 bits per heavy atom. The molecule has 1 amide bonds. The molecule has 2 fully saturated rings. The van der Waals surface area contributed by atoms with Crippen LogP contribution in [0.15, 0.2) is 48.8 Å². The number of methoxy groups -OCH3 is 1. The Kier molecular flexibility index (Phi) is 6.65. The summed E-state index contributed by atoms with van der Waals surface area (Å²) < 4.78 is 11.6. The number of amides is 1. The highest BCUT2D eigenvalue weighted by molar-refractivity contribution is 5.78. The number of nitrogens with one attached hydrogen (secondary N) is 1. The van der Waals surface area contributed by atoms with Crippen LogP contribution in [0.4, 0.5) is 0 Å². The fourth-order valence-electron chi connectivity index (χ4n) is 4.49. The lowest BCUT2D eigenvalue weighted by molar-refractivity contribution is -0.122. The van der Waals surface area contributed by atoms with Gasteiger partial charge in [-0.05, 0) is 55.0 Å². The van der Waals surface area contributed by atoms with E-state index < -0.39 is 0 Å². The van der Waals surface area contributed by atoms with Crippen LogP contribution in [-0.2, 0) is 22.5 Å². The second-order valence-electron chi connectivity index (χ2n) is 8.43. The molecule has 1 aromatic heterocycles. The van der Waals surface area contributed by atoms with Gasteiger partial charge in [0.15, 0.2) is 0 Å². The SMILES string of the molecule is COc1ccc(CC(=O)NCC2CCC3(CCN(Cc4cccnc4)CC3)O2)cc1. The Morgan fingerprint density at radius 1 is 1.20 bits per heavy atom. The summed E-state index contributed by atoms with van der Waals surface area (Å²) in [5, 5.41) is 3.05. The van der Waals surface area contributed by atoms with Crippen LogP contribution in [0.3, 0.4) is 0 Å². The Balaban J connectivity index is 1.18. The molecule has 6 nitrogen and oxygen atoms in total. The minimum atomic E-state index is -0.00316. The summed E-state index contributed by atoms with van der Waals surface area (Å²) >= 11 is 0. The number of likely N-dealkylation sites (tertiary alicyclic amines) is 1. The molecule has 3 heterocycles. The van der Waals surface area contributed by atoms with Crippen LogP contribution in [0.1, 0.15) is 36.8 Å². The Hall–Kier alpha value is -2.44. The van der Waals surface area contributed by atoms with E-state index in [9.17, 15) is 4.79 Å². The first-order valence-electron chi connectivity index (χ1n) is 10.8. The molecule has 0 bridgehead atoms. The van der Waals surface area contributed by atoms with E-state index in [2.05, 4.69) is 21.3 Å². The van der Waals surface area contributed by atoms with Gasteiger partial charge in [0, 0.05) is 38.6 Å². The zero-order chi connectivity index (χ0) is 20.8. The average molecular weight is 410 g/mol. The molecule has 2 saturated heterocycles. The van der Waals surface area contributed by atoms with Crippen molar-refractivity contribution >= 4 is 5.91 Å². The molecular weight excluding hydrogens is 378 g/mol. The van der Waals surface area contributed by atoms with Gasteiger partial charge in [0.1, 0.15) is 5.75 Å². The first kappa shape index (κ1) is 20.8. The van der Waals surface area contributed by atoms with Crippen molar-refractivity contribution in [2.75, 3.05) is 26.7 Å². The summed E-state index contributed by atoms with van der Waals surface area (Å²) in [5.74, 6) is 0.839. The van der Waals surface area contributed by atoms with E-state index in [0.29, 0.717) is 13.0 Å². The first-order valence-corrected chi connectivity index (χ1v) is 10.8. The Labute approximate surface area is 178 Å². The highest BCUT2D eigenvalue weighted by atomic mass is 16.5. The lowest BCUT2D eigenvalue weighted by atomic mass is 9.88. The summed E-state index contributed by atoms with van der Waals surface area (Å²) in [6, 6.07) is 11.8. The van der Waals surface area contributed by atoms with Crippen LogP contribution >= 0.6 is 0 Å². The summed E-state index contributed by atoms with van der Waals surface area (Å²) in [6.07, 6.45) is 8.49. The molecule has 1 unspecified atom stereocenters. The maximum atomic E-state index is 12.3. The van der Waals surface area contributed by atoms with Gasteiger partial charge in [-0.3, -0.25) is 14.7 Å². The monoisotopic (exact) mass is 409 g/mol. The van der Waals surface area contributed by atoms with Crippen LogP contribution < -0.4 is 10.1 Å². The number of nitrogens with zero attached hydrogens (tertiary/aromatic N) is 2. The van der Waals surface area contributed by atoms with Crippen molar-refractivity contribution in [1.29, 1.82) is 0 Å². The summed E-state index contributed by atoms with van der Waals surface area (Å²) in [7, 11) is 1.64. The van der Waals surface area contributed by atoms with Gasteiger partial charge in [-0.1, -0.05) is 18.2 Å². The van der Waals surface area contributed by atoms with Crippen LogP contribution in [0.5, 0.6) is 5.75 Å². The third-order valence-corrected chi connectivity index (χ3v) is 6.29. The highest BCUT2D eigenvalue weighted by Gasteiger charge is 2.42. The predicted molar refractivity (Wildman–Crippen MR) is 115 cm³/mol. The van der Waals surface area contributed by atoms with E-state index >= 15 is 0 Å². The molecule has 30 heavy (non-hydrogen) atoms. The van der Waals surface area contributed by atoms with Crippen LogP contribution in [0, 0.1) is 0 Å². The van der Waals surface area contributed by atoms with Crippen molar-refractivity contribution in [3.8, 4) is 5.75 Å². The summed E-state index contributed by atoms with van der Waals surface area (Å²) in [5.41, 5.74) is 2.24.